The van der Waals surface area contributed by atoms with E-state index in [-0.39, 0.29) is 0 Å². The second kappa shape index (κ2) is 4.30. The van der Waals surface area contributed by atoms with Gasteiger partial charge in [-0.25, -0.2) is 0 Å². The first-order valence-electron chi connectivity index (χ1n) is 5.86. The quantitative estimate of drug-likeness (QED) is 0.577. The van der Waals surface area contributed by atoms with Crippen molar-refractivity contribution in [2.75, 3.05) is 12.2 Å². The third kappa shape index (κ3) is 9.38. The van der Waals surface area contributed by atoms with Gasteiger partial charge in [-0.2, -0.15) is 8.42 Å². The maximum Gasteiger partial charge on any atom is 0.264 e. The van der Waals surface area contributed by atoms with E-state index in [0.717, 1.165) is 0 Å². The summed E-state index contributed by atoms with van der Waals surface area (Å²) < 4.78 is 78.0. The normalized spacial score (nSPS) is 24.3. The Morgan fingerprint density at radius 3 is 2.91 bits per heavy atom. The van der Waals surface area contributed by atoms with E-state index in [1.54, 1.807) is 0 Å². The molecule has 0 fully saturated rings. The molecule has 0 aliphatic carbocycles. The van der Waals surface area contributed by atoms with Gasteiger partial charge >= 0.3 is 0 Å². The van der Waals surface area contributed by atoms with E-state index < -0.39 is 41.5 Å². The topological polar surface area (TPSA) is 83.5 Å². The molecule has 0 aromatic carbocycles. The summed E-state index contributed by atoms with van der Waals surface area (Å²) >= 11 is 0. The Kier molecular flexibility index (Phi) is 1.33. The van der Waals surface area contributed by atoms with Gasteiger partial charge < -0.3 is 5.32 Å². The van der Waals surface area contributed by atoms with Gasteiger partial charge in [0.15, 0.2) is 0 Å². The Labute approximate surface area is 75.4 Å². The van der Waals surface area contributed by atoms with E-state index >= 15 is 0 Å². The molecule has 0 aromatic rings. The van der Waals surface area contributed by atoms with Gasteiger partial charge in [0, 0.05) is 22.9 Å². The Bertz CT molecular complexity index is 428. The molecule has 0 rings (SSSR count). The summed E-state index contributed by atoms with van der Waals surface area (Å²) in [6.07, 6.45) is -3.21. The van der Waals surface area contributed by atoms with Crippen LogP contribution in [0.3, 0.4) is 0 Å². The molecule has 0 radical (unpaired) electrons. The standard InChI is InChI=1S/C5H11NO4S/c1-5(7)6-3-2-4-11(8,9)10/h2-4H2,1H3,(H,6,7)(H,8,9,10)/i1D3,2D2,3D2. The lowest BCUT2D eigenvalue weighted by Gasteiger charge is -1.98. The SMILES string of the molecule is [2H]C([2H])([2H])C(=O)NC([2H])([2H])C([2H])([2H])CS(=O)(=O)O. The number of rotatable bonds is 4. The first-order valence-corrected chi connectivity index (χ1v) is 3.97. The lowest BCUT2D eigenvalue weighted by Crippen LogP contribution is -2.22. The Hall–Kier alpha value is -0.620. The predicted molar refractivity (Wildman–Crippen MR) is 39.7 cm³/mol. The maximum absolute atomic E-state index is 11.0. The lowest BCUT2D eigenvalue weighted by atomic mass is 10.5. The van der Waals surface area contributed by atoms with Crippen molar-refractivity contribution in [3.05, 3.63) is 0 Å². The largest absolute Gasteiger partial charge is 0.356 e. The van der Waals surface area contributed by atoms with Crippen LogP contribution in [-0.2, 0) is 14.9 Å². The molecule has 66 valence electrons. The molecule has 0 saturated heterocycles. The van der Waals surface area contributed by atoms with Crippen molar-refractivity contribution in [3.63, 3.8) is 0 Å². The summed E-state index contributed by atoms with van der Waals surface area (Å²) in [5, 5.41) is 1.24. The second-order valence-corrected chi connectivity index (χ2v) is 2.93. The molecular weight excluding hydrogens is 170 g/mol. The molecule has 0 aliphatic heterocycles. The molecule has 0 aliphatic rings. The molecule has 1 amide bonds. The molecule has 0 bridgehead atoms. The zero-order valence-corrected chi connectivity index (χ0v) is 6.10. The van der Waals surface area contributed by atoms with Gasteiger partial charge in [0.05, 0.1) is 5.75 Å². The van der Waals surface area contributed by atoms with E-state index in [1.807, 2.05) is 0 Å². The average Bonchev–Trinajstić information content (AvgIpc) is 1.95. The van der Waals surface area contributed by atoms with Gasteiger partial charge in [0.25, 0.3) is 10.1 Å². The van der Waals surface area contributed by atoms with Crippen molar-refractivity contribution in [2.45, 2.75) is 13.2 Å². The highest BCUT2D eigenvalue weighted by Crippen LogP contribution is 1.85. The third-order valence-electron chi connectivity index (χ3n) is 0.519. The third-order valence-corrected chi connectivity index (χ3v) is 1.03. The molecule has 0 unspecified atom stereocenters. The number of carbonyl (C=O) groups is 1. The van der Waals surface area contributed by atoms with Crippen LogP contribution in [0.25, 0.3) is 0 Å². The fraction of sp³-hybridized carbons (Fsp3) is 0.800. The summed E-state index contributed by atoms with van der Waals surface area (Å²) in [4.78, 5) is 11.0. The highest BCUT2D eigenvalue weighted by molar-refractivity contribution is 7.85. The van der Waals surface area contributed by atoms with Crippen molar-refractivity contribution in [1.82, 2.24) is 5.32 Å². The summed E-state index contributed by atoms with van der Waals surface area (Å²) in [6.45, 7) is -6.49. The van der Waals surface area contributed by atoms with Gasteiger partial charge in [0.1, 0.15) is 0 Å². The van der Waals surface area contributed by atoms with Crippen LogP contribution < -0.4 is 5.32 Å². The van der Waals surface area contributed by atoms with Crippen molar-refractivity contribution < 1.29 is 27.4 Å². The summed E-state index contributed by atoms with van der Waals surface area (Å²) in [5.41, 5.74) is 0. The molecule has 5 nitrogen and oxygen atoms in total. The minimum Gasteiger partial charge on any atom is -0.356 e. The van der Waals surface area contributed by atoms with E-state index in [1.165, 1.54) is 5.32 Å². The van der Waals surface area contributed by atoms with E-state index in [0.29, 0.717) is 0 Å². The Morgan fingerprint density at radius 2 is 2.45 bits per heavy atom. The van der Waals surface area contributed by atoms with Crippen LogP contribution >= 0.6 is 0 Å². The number of carbonyl (C=O) groups excluding carboxylic acids is 1. The minimum absolute atomic E-state index is 1.24. The molecule has 0 atom stereocenters. The van der Waals surface area contributed by atoms with Gasteiger partial charge in [-0.05, 0) is 6.37 Å². The van der Waals surface area contributed by atoms with Crippen molar-refractivity contribution in [3.8, 4) is 0 Å². The molecular formula is C5H11NO4S. The fourth-order valence-corrected chi connectivity index (χ4v) is 0.483. The fourth-order valence-electron chi connectivity index (χ4n) is 0.228. The van der Waals surface area contributed by atoms with Crippen molar-refractivity contribution in [2.24, 2.45) is 0 Å². The smallest absolute Gasteiger partial charge is 0.264 e. The highest BCUT2D eigenvalue weighted by atomic mass is 32.2. The first-order chi connectivity index (χ1) is 7.58. The van der Waals surface area contributed by atoms with Crippen LogP contribution in [-0.4, -0.2) is 31.1 Å². The van der Waals surface area contributed by atoms with E-state index in [2.05, 4.69) is 0 Å². The van der Waals surface area contributed by atoms with Gasteiger partial charge in [-0.15, -0.1) is 0 Å². The van der Waals surface area contributed by atoms with Crippen molar-refractivity contribution >= 4 is 16.0 Å². The minimum atomic E-state index is -4.84. The van der Waals surface area contributed by atoms with Gasteiger partial charge in [-0.3, -0.25) is 9.35 Å². The van der Waals surface area contributed by atoms with Gasteiger partial charge in [0.2, 0.25) is 5.91 Å². The van der Waals surface area contributed by atoms with E-state index in [4.69, 9.17) is 14.1 Å². The number of hydrogen-bond acceptors (Lipinski definition) is 3. The average molecular weight is 188 g/mol. The summed E-state index contributed by atoms with van der Waals surface area (Å²) in [7, 11) is -4.84. The Morgan fingerprint density at radius 1 is 1.82 bits per heavy atom. The summed E-state index contributed by atoms with van der Waals surface area (Å²) in [5.74, 6) is -3.40. The Balaban J connectivity index is 5.09. The van der Waals surface area contributed by atoms with E-state index in [9.17, 15) is 13.2 Å². The molecule has 11 heavy (non-hydrogen) atoms. The van der Waals surface area contributed by atoms with Crippen LogP contribution in [0, 0.1) is 0 Å². The molecule has 6 heteroatoms. The van der Waals surface area contributed by atoms with Crippen LogP contribution in [0.2, 0.25) is 0 Å². The van der Waals surface area contributed by atoms with Crippen LogP contribution in [0.4, 0.5) is 0 Å². The first kappa shape index (κ1) is 3.40. The second-order valence-electron chi connectivity index (χ2n) is 1.48. The molecule has 0 spiro atoms. The predicted octanol–water partition coefficient (Wildman–Crippen LogP) is -0.600. The van der Waals surface area contributed by atoms with Crippen LogP contribution in [0.1, 0.15) is 22.8 Å². The molecule has 0 heterocycles. The monoisotopic (exact) mass is 188 g/mol. The van der Waals surface area contributed by atoms with Gasteiger partial charge in [-0.1, -0.05) is 0 Å². The zero-order valence-electron chi connectivity index (χ0n) is 12.3. The number of amides is 1. The summed E-state index contributed by atoms with van der Waals surface area (Å²) in [6, 6.07) is 0. The molecule has 0 saturated carbocycles. The number of nitrogens with one attached hydrogen (secondary N) is 1. The maximum atomic E-state index is 11.0. The molecule has 2 N–H and O–H groups in total. The zero-order chi connectivity index (χ0) is 15.0. The highest BCUT2D eigenvalue weighted by Gasteiger charge is 2.02. The lowest BCUT2D eigenvalue weighted by molar-refractivity contribution is -0.118. The number of hydrogen-bond donors (Lipinski definition) is 2. The van der Waals surface area contributed by atoms with Crippen LogP contribution in [0.5, 0.6) is 0 Å². The molecule has 0 aromatic heterocycles. The van der Waals surface area contributed by atoms with Crippen LogP contribution in [0.15, 0.2) is 0 Å². The van der Waals surface area contributed by atoms with Crippen molar-refractivity contribution in [1.29, 1.82) is 0 Å².